The summed E-state index contributed by atoms with van der Waals surface area (Å²) in [5, 5.41) is 1.20. The molecule has 3 nitrogen and oxygen atoms in total. The first-order valence-electron chi connectivity index (χ1n) is 8.02. The fourth-order valence-electron chi connectivity index (χ4n) is 3.23. The molecule has 4 heteroatoms. The number of rotatable bonds is 2. The smallest absolute Gasteiger partial charge is 0.246 e. The number of benzene rings is 2. The lowest BCUT2D eigenvalue weighted by Crippen LogP contribution is -2.34. The van der Waals surface area contributed by atoms with Gasteiger partial charge in [0, 0.05) is 46.7 Å². The standard InChI is InChI=1S/C20H17BrN2O/c21-17-8-4-7-15-16-13-23(12-11-18(16)22-20(15)17)19(24)10-9-14-5-2-1-3-6-14/h1-10,22H,11-13H2/b10-9+. The Balaban J connectivity index is 1.58. The molecule has 0 spiro atoms. The van der Waals surface area contributed by atoms with Gasteiger partial charge >= 0.3 is 0 Å². The van der Waals surface area contributed by atoms with Gasteiger partial charge in [-0.3, -0.25) is 4.79 Å². The topological polar surface area (TPSA) is 36.1 Å². The zero-order valence-corrected chi connectivity index (χ0v) is 14.7. The number of amides is 1. The van der Waals surface area contributed by atoms with Gasteiger partial charge in [0.15, 0.2) is 0 Å². The van der Waals surface area contributed by atoms with Gasteiger partial charge in [-0.1, -0.05) is 42.5 Å². The number of nitrogens with one attached hydrogen (secondary N) is 1. The van der Waals surface area contributed by atoms with E-state index in [1.807, 2.05) is 53.4 Å². The SMILES string of the molecule is O=C(/C=C/c1ccccc1)N1CCc2[nH]c3c(Br)cccc3c2C1. The van der Waals surface area contributed by atoms with Gasteiger partial charge in [-0.25, -0.2) is 0 Å². The molecule has 0 bridgehead atoms. The highest BCUT2D eigenvalue weighted by molar-refractivity contribution is 9.10. The molecule has 1 N–H and O–H groups in total. The van der Waals surface area contributed by atoms with Gasteiger partial charge in [-0.05, 0) is 33.6 Å². The Morgan fingerprint density at radius 2 is 1.96 bits per heavy atom. The molecule has 0 unspecified atom stereocenters. The number of carbonyl (C=O) groups is 1. The fourth-order valence-corrected chi connectivity index (χ4v) is 3.69. The maximum atomic E-state index is 12.5. The lowest BCUT2D eigenvalue weighted by molar-refractivity contribution is -0.126. The molecule has 1 aromatic heterocycles. The number of hydrogen-bond donors (Lipinski definition) is 1. The molecule has 1 aliphatic heterocycles. The van der Waals surface area contributed by atoms with Crippen molar-refractivity contribution >= 4 is 38.8 Å². The van der Waals surface area contributed by atoms with E-state index in [0.29, 0.717) is 6.54 Å². The fraction of sp³-hybridized carbons (Fsp3) is 0.150. The second-order valence-corrected chi connectivity index (χ2v) is 6.85. The molecule has 0 fully saturated rings. The predicted octanol–water partition coefficient (Wildman–Crippen LogP) is 4.53. The van der Waals surface area contributed by atoms with Gasteiger partial charge in [0.1, 0.15) is 0 Å². The number of fused-ring (bicyclic) bond motifs is 3. The molecule has 0 saturated heterocycles. The highest BCUT2D eigenvalue weighted by Gasteiger charge is 2.23. The van der Waals surface area contributed by atoms with Crippen LogP contribution in [0.25, 0.3) is 17.0 Å². The molecule has 2 heterocycles. The molecule has 4 rings (SSSR count). The van der Waals surface area contributed by atoms with E-state index >= 15 is 0 Å². The molecule has 0 radical (unpaired) electrons. The lowest BCUT2D eigenvalue weighted by Gasteiger charge is -2.26. The number of aromatic amines is 1. The first-order chi connectivity index (χ1) is 11.7. The number of hydrogen-bond acceptors (Lipinski definition) is 1. The molecule has 0 saturated carbocycles. The average Bonchev–Trinajstić information content (AvgIpc) is 3.00. The summed E-state index contributed by atoms with van der Waals surface area (Å²) >= 11 is 3.59. The molecular formula is C20H17BrN2O. The van der Waals surface area contributed by atoms with E-state index in [0.717, 1.165) is 28.5 Å². The third kappa shape index (κ3) is 2.78. The molecular weight excluding hydrogens is 364 g/mol. The predicted molar refractivity (Wildman–Crippen MR) is 101 cm³/mol. The van der Waals surface area contributed by atoms with E-state index in [9.17, 15) is 4.79 Å². The summed E-state index contributed by atoms with van der Waals surface area (Å²) in [5.41, 5.74) is 4.64. The van der Waals surface area contributed by atoms with E-state index in [1.165, 1.54) is 16.6 Å². The molecule has 0 atom stereocenters. The second-order valence-electron chi connectivity index (χ2n) is 6.00. The van der Waals surface area contributed by atoms with E-state index in [2.05, 4.69) is 27.0 Å². The summed E-state index contributed by atoms with van der Waals surface area (Å²) in [6.07, 6.45) is 4.41. The molecule has 120 valence electrons. The van der Waals surface area contributed by atoms with Crippen LogP contribution in [0.2, 0.25) is 0 Å². The van der Waals surface area contributed by atoms with Crippen molar-refractivity contribution < 1.29 is 4.79 Å². The molecule has 24 heavy (non-hydrogen) atoms. The van der Waals surface area contributed by atoms with Crippen molar-refractivity contribution in [3.05, 3.63) is 75.9 Å². The highest BCUT2D eigenvalue weighted by atomic mass is 79.9. The van der Waals surface area contributed by atoms with Crippen molar-refractivity contribution in [1.82, 2.24) is 9.88 Å². The van der Waals surface area contributed by atoms with Gasteiger partial charge in [-0.15, -0.1) is 0 Å². The Morgan fingerprint density at radius 1 is 1.12 bits per heavy atom. The van der Waals surface area contributed by atoms with Crippen LogP contribution in [0.15, 0.2) is 59.1 Å². The van der Waals surface area contributed by atoms with Gasteiger partial charge in [0.05, 0.1) is 5.52 Å². The van der Waals surface area contributed by atoms with Crippen molar-refractivity contribution in [2.24, 2.45) is 0 Å². The third-order valence-electron chi connectivity index (χ3n) is 4.49. The summed E-state index contributed by atoms with van der Waals surface area (Å²) in [6.45, 7) is 1.40. The molecule has 2 aromatic carbocycles. The number of halogens is 1. The van der Waals surface area contributed by atoms with Gasteiger partial charge in [0.2, 0.25) is 5.91 Å². The maximum Gasteiger partial charge on any atom is 0.246 e. The second kappa shape index (κ2) is 6.29. The van der Waals surface area contributed by atoms with Crippen LogP contribution >= 0.6 is 15.9 Å². The van der Waals surface area contributed by atoms with Crippen molar-refractivity contribution in [3.8, 4) is 0 Å². The van der Waals surface area contributed by atoms with E-state index in [1.54, 1.807) is 6.08 Å². The Morgan fingerprint density at radius 3 is 2.79 bits per heavy atom. The van der Waals surface area contributed by atoms with Crippen LogP contribution < -0.4 is 0 Å². The van der Waals surface area contributed by atoms with Crippen LogP contribution in [0.3, 0.4) is 0 Å². The molecule has 1 aliphatic rings. The maximum absolute atomic E-state index is 12.5. The monoisotopic (exact) mass is 380 g/mol. The average molecular weight is 381 g/mol. The van der Waals surface area contributed by atoms with Crippen molar-refractivity contribution in [2.75, 3.05) is 6.54 Å². The van der Waals surface area contributed by atoms with E-state index in [4.69, 9.17) is 0 Å². The van der Waals surface area contributed by atoms with Crippen molar-refractivity contribution in [1.29, 1.82) is 0 Å². The Labute approximate surface area is 149 Å². The first-order valence-corrected chi connectivity index (χ1v) is 8.81. The number of nitrogens with zero attached hydrogens (tertiary/aromatic N) is 1. The number of carbonyl (C=O) groups excluding carboxylic acids is 1. The summed E-state index contributed by atoms with van der Waals surface area (Å²) in [6, 6.07) is 16.1. The van der Waals surface area contributed by atoms with Crippen LogP contribution in [-0.2, 0) is 17.8 Å². The van der Waals surface area contributed by atoms with Crippen LogP contribution in [0.1, 0.15) is 16.8 Å². The van der Waals surface area contributed by atoms with Crippen LogP contribution in [-0.4, -0.2) is 22.3 Å². The number of H-pyrrole nitrogens is 1. The Kier molecular flexibility index (Phi) is 3.98. The number of aromatic nitrogens is 1. The largest absolute Gasteiger partial charge is 0.357 e. The number of para-hydroxylation sites is 1. The molecule has 1 amide bonds. The lowest BCUT2D eigenvalue weighted by atomic mass is 10.0. The minimum atomic E-state index is 0.0637. The van der Waals surface area contributed by atoms with Crippen LogP contribution in [0.4, 0.5) is 0 Å². The Hall–Kier alpha value is -2.33. The Bertz CT molecular complexity index is 927. The van der Waals surface area contributed by atoms with Gasteiger partial charge < -0.3 is 9.88 Å². The van der Waals surface area contributed by atoms with Crippen LogP contribution in [0, 0.1) is 0 Å². The van der Waals surface area contributed by atoms with E-state index in [-0.39, 0.29) is 5.91 Å². The van der Waals surface area contributed by atoms with E-state index < -0.39 is 0 Å². The summed E-state index contributed by atoms with van der Waals surface area (Å²) in [5.74, 6) is 0.0637. The highest BCUT2D eigenvalue weighted by Crippen LogP contribution is 2.31. The first kappa shape index (κ1) is 15.2. The molecule has 3 aromatic rings. The quantitative estimate of drug-likeness (QED) is 0.651. The minimum absolute atomic E-state index is 0.0637. The van der Waals surface area contributed by atoms with Crippen molar-refractivity contribution in [2.45, 2.75) is 13.0 Å². The molecule has 0 aliphatic carbocycles. The van der Waals surface area contributed by atoms with Gasteiger partial charge in [0.25, 0.3) is 0 Å². The normalized spacial score (nSPS) is 14.3. The van der Waals surface area contributed by atoms with Gasteiger partial charge in [-0.2, -0.15) is 0 Å². The zero-order valence-electron chi connectivity index (χ0n) is 13.1. The summed E-state index contributed by atoms with van der Waals surface area (Å²) < 4.78 is 1.07. The van der Waals surface area contributed by atoms with Crippen LogP contribution in [0.5, 0.6) is 0 Å². The third-order valence-corrected chi connectivity index (χ3v) is 5.15. The minimum Gasteiger partial charge on any atom is -0.357 e. The summed E-state index contributed by atoms with van der Waals surface area (Å²) in [7, 11) is 0. The zero-order chi connectivity index (χ0) is 16.5. The summed E-state index contributed by atoms with van der Waals surface area (Å²) in [4.78, 5) is 17.9. The van der Waals surface area contributed by atoms with Crippen molar-refractivity contribution in [3.63, 3.8) is 0 Å².